The summed E-state index contributed by atoms with van der Waals surface area (Å²) in [6.45, 7) is 1.99. The third kappa shape index (κ3) is 2.11. The van der Waals surface area contributed by atoms with E-state index < -0.39 is 29.5 Å². The van der Waals surface area contributed by atoms with Crippen LogP contribution in [0.1, 0.15) is 36.8 Å². The molecule has 2 heterocycles. The molecule has 1 aliphatic heterocycles. The lowest BCUT2D eigenvalue weighted by molar-refractivity contribution is -0.261. The normalized spacial score (nSPS) is 22.3. The van der Waals surface area contributed by atoms with Crippen LogP contribution in [0.4, 0.5) is 18.0 Å². The lowest BCUT2D eigenvalue weighted by Crippen LogP contribution is -2.42. The smallest absolute Gasteiger partial charge is 0.422 e. The van der Waals surface area contributed by atoms with E-state index in [4.69, 9.17) is 9.63 Å². The molecule has 2 N–H and O–H groups in total. The first kappa shape index (κ1) is 14.6. The van der Waals surface area contributed by atoms with E-state index in [0.29, 0.717) is 6.92 Å². The fraction of sp³-hybridized carbons (Fsp3) is 0.636. The second-order valence-corrected chi connectivity index (χ2v) is 5.00. The van der Waals surface area contributed by atoms with E-state index in [1.54, 1.807) is 6.92 Å². The average Bonchev–Trinajstić information content (AvgIpc) is 2.71. The second-order valence-electron chi connectivity index (χ2n) is 5.00. The standard InChI is InChI=1S/C11H13F3N2O4/c1-5-3-16(9(17)18)4-6-7(5)8(15-20-6)10(2,19)11(12,13)14/h5,19H,3-4H2,1-2H3,(H,17,18)/t5-,10?/m0/s1. The van der Waals surface area contributed by atoms with Crippen molar-refractivity contribution in [3.8, 4) is 0 Å². The minimum atomic E-state index is -4.90. The van der Waals surface area contributed by atoms with Gasteiger partial charge in [-0.1, -0.05) is 12.1 Å². The number of amides is 1. The molecule has 2 atom stereocenters. The van der Waals surface area contributed by atoms with E-state index in [1.807, 2.05) is 0 Å². The van der Waals surface area contributed by atoms with E-state index >= 15 is 0 Å². The number of hydrogen-bond donors (Lipinski definition) is 2. The van der Waals surface area contributed by atoms with Gasteiger partial charge in [0, 0.05) is 18.0 Å². The van der Waals surface area contributed by atoms with Gasteiger partial charge in [-0.15, -0.1) is 0 Å². The van der Waals surface area contributed by atoms with Gasteiger partial charge in [0.15, 0.2) is 5.76 Å². The summed E-state index contributed by atoms with van der Waals surface area (Å²) in [7, 11) is 0. The van der Waals surface area contributed by atoms with Crippen molar-refractivity contribution in [3.63, 3.8) is 0 Å². The largest absolute Gasteiger partial charge is 0.465 e. The van der Waals surface area contributed by atoms with Gasteiger partial charge in [-0.25, -0.2) is 4.79 Å². The Morgan fingerprint density at radius 1 is 1.50 bits per heavy atom. The molecule has 20 heavy (non-hydrogen) atoms. The average molecular weight is 294 g/mol. The number of hydrogen-bond acceptors (Lipinski definition) is 4. The third-order valence-corrected chi connectivity index (χ3v) is 3.41. The van der Waals surface area contributed by atoms with E-state index in [-0.39, 0.29) is 24.4 Å². The summed E-state index contributed by atoms with van der Waals surface area (Å²) in [5, 5.41) is 21.9. The summed E-state index contributed by atoms with van der Waals surface area (Å²) in [5.41, 5.74) is -3.61. The molecule has 112 valence electrons. The van der Waals surface area contributed by atoms with E-state index in [0.717, 1.165) is 4.90 Å². The van der Waals surface area contributed by atoms with Crippen molar-refractivity contribution in [2.24, 2.45) is 0 Å². The molecule has 0 fully saturated rings. The number of carbonyl (C=O) groups is 1. The molecule has 0 saturated carbocycles. The van der Waals surface area contributed by atoms with Gasteiger partial charge < -0.3 is 19.6 Å². The number of halogens is 3. The minimum absolute atomic E-state index is 0.0183. The Bertz CT molecular complexity index is 538. The predicted molar refractivity (Wildman–Crippen MR) is 59.0 cm³/mol. The number of fused-ring (bicyclic) bond motifs is 1. The number of aromatic nitrogens is 1. The molecule has 1 aliphatic rings. The van der Waals surface area contributed by atoms with Gasteiger partial charge in [0.1, 0.15) is 5.69 Å². The maximum absolute atomic E-state index is 12.9. The molecule has 1 amide bonds. The Balaban J connectivity index is 2.46. The number of aliphatic hydroxyl groups is 1. The molecule has 2 rings (SSSR count). The van der Waals surface area contributed by atoms with Crippen molar-refractivity contribution in [1.82, 2.24) is 10.1 Å². The van der Waals surface area contributed by atoms with Crippen molar-refractivity contribution in [3.05, 3.63) is 17.0 Å². The van der Waals surface area contributed by atoms with Crippen molar-refractivity contribution in [2.75, 3.05) is 6.54 Å². The Morgan fingerprint density at radius 2 is 2.10 bits per heavy atom. The number of alkyl halides is 3. The van der Waals surface area contributed by atoms with Crippen LogP contribution in [-0.4, -0.2) is 39.1 Å². The Kier molecular flexibility index (Phi) is 3.20. The Hall–Kier alpha value is -1.77. The maximum atomic E-state index is 12.9. The lowest BCUT2D eigenvalue weighted by atomic mass is 9.88. The molecule has 0 aliphatic carbocycles. The van der Waals surface area contributed by atoms with Crippen LogP contribution in [0.5, 0.6) is 0 Å². The molecule has 1 unspecified atom stereocenters. The van der Waals surface area contributed by atoms with Crippen molar-refractivity contribution in [2.45, 2.75) is 38.1 Å². The number of nitrogens with zero attached hydrogens (tertiary/aromatic N) is 2. The van der Waals surface area contributed by atoms with E-state index in [1.165, 1.54) is 0 Å². The zero-order valence-electron chi connectivity index (χ0n) is 10.7. The van der Waals surface area contributed by atoms with Crippen molar-refractivity contribution >= 4 is 6.09 Å². The fourth-order valence-corrected chi connectivity index (χ4v) is 2.24. The van der Waals surface area contributed by atoms with Gasteiger partial charge in [-0.05, 0) is 6.92 Å². The Morgan fingerprint density at radius 3 is 2.60 bits per heavy atom. The first-order valence-corrected chi connectivity index (χ1v) is 5.81. The highest BCUT2D eigenvalue weighted by Gasteiger charge is 2.55. The zero-order valence-corrected chi connectivity index (χ0v) is 10.7. The summed E-state index contributed by atoms with van der Waals surface area (Å²) in [6.07, 6.45) is -6.09. The van der Waals surface area contributed by atoms with Crippen LogP contribution in [0, 0.1) is 0 Å². The quantitative estimate of drug-likeness (QED) is 0.827. The molecule has 0 spiro atoms. The zero-order chi connectivity index (χ0) is 15.3. The SMILES string of the molecule is C[C@H]1CN(C(=O)O)Cc2onc(C(C)(O)C(F)(F)F)c21. The molecule has 0 radical (unpaired) electrons. The summed E-state index contributed by atoms with van der Waals surface area (Å²) >= 11 is 0. The van der Waals surface area contributed by atoms with Crippen LogP contribution < -0.4 is 0 Å². The summed E-state index contributed by atoms with van der Waals surface area (Å²) in [6, 6.07) is 0. The number of carboxylic acid groups (broad SMARTS) is 1. The molecule has 0 bridgehead atoms. The molecular formula is C11H13F3N2O4. The first-order valence-electron chi connectivity index (χ1n) is 5.81. The topological polar surface area (TPSA) is 86.8 Å². The van der Waals surface area contributed by atoms with Crippen molar-refractivity contribution in [1.29, 1.82) is 0 Å². The van der Waals surface area contributed by atoms with Crippen LogP contribution >= 0.6 is 0 Å². The van der Waals surface area contributed by atoms with Gasteiger partial charge >= 0.3 is 12.3 Å². The Labute approximate surface area is 111 Å². The fourth-order valence-electron chi connectivity index (χ4n) is 2.24. The predicted octanol–water partition coefficient (Wildman–Crippen LogP) is 2.04. The molecule has 1 aromatic heterocycles. The van der Waals surface area contributed by atoms with Gasteiger partial charge in [-0.3, -0.25) is 0 Å². The molecule has 6 nitrogen and oxygen atoms in total. The summed E-state index contributed by atoms with van der Waals surface area (Å²) < 4.78 is 43.4. The summed E-state index contributed by atoms with van der Waals surface area (Å²) in [4.78, 5) is 11.9. The monoisotopic (exact) mass is 294 g/mol. The molecule has 9 heteroatoms. The van der Waals surface area contributed by atoms with Gasteiger partial charge in [-0.2, -0.15) is 13.2 Å². The molecule has 1 aromatic rings. The van der Waals surface area contributed by atoms with Gasteiger partial charge in [0.2, 0.25) is 5.60 Å². The van der Waals surface area contributed by atoms with Crippen LogP contribution in [0.3, 0.4) is 0 Å². The highest BCUT2D eigenvalue weighted by molar-refractivity contribution is 5.65. The third-order valence-electron chi connectivity index (χ3n) is 3.41. The van der Waals surface area contributed by atoms with Crippen LogP contribution in [-0.2, 0) is 12.1 Å². The van der Waals surface area contributed by atoms with Crippen molar-refractivity contribution < 1.29 is 32.7 Å². The van der Waals surface area contributed by atoms with Crippen LogP contribution in [0.15, 0.2) is 4.52 Å². The van der Waals surface area contributed by atoms with Gasteiger partial charge in [0.05, 0.1) is 6.54 Å². The van der Waals surface area contributed by atoms with E-state index in [2.05, 4.69) is 5.16 Å². The number of rotatable bonds is 1. The van der Waals surface area contributed by atoms with Crippen LogP contribution in [0.25, 0.3) is 0 Å². The minimum Gasteiger partial charge on any atom is -0.465 e. The highest BCUT2D eigenvalue weighted by atomic mass is 19.4. The molecule has 0 saturated heterocycles. The molecule has 0 aromatic carbocycles. The maximum Gasteiger partial charge on any atom is 0.422 e. The second kappa shape index (κ2) is 4.37. The van der Waals surface area contributed by atoms with E-state index in [9.17, 15) is 23.1 Å². The summed E-state index contributed by atoms with van der Waals surface area (Å²) in [5.74, 6) is -0.518. The lowest BCUT2D eigenvalue weighted by Gasteiger charge is -2.30. The van der Waals surface area contributed by atoms with Crippen LogP contribution in [0.2, 0.25) is 0 Å². The highest BCUT2D eigenvalue weighted by Crippen LogP contribution is 2.43. The first-order chi connectivity index (χ1) is 9.05. The molecular weight excluding hydrogens is 281 g/mol. The van der Waals surface area contributed by atoms with Gasteiger partial charge in [0.25, 0.3) is 0 Å².